The van der Waals surface area contributed by atoms with Gasteiger partial charge in [0.05, 0.1) is 6.61 Å². The lowest BCUT2D eigenvalue weighted by Crippen LogP contribution is -2.57. The second-order valence-electron chi connectivity index (χ2n) is 8.22. The Morgan fingerprint density at radius 2 is 2.17 bits per heavy atom. The maximum Gasteiger partial charge on any atom is 0.303 e. The Kier molecular flexibility index (Phi) is 2.29. The highest BCUT2D eigenvalue weighted by Crippen LogP contribution is 2.71. The van der Waals surface area contributed by atoms with Crippen LogP contribution in [0.15, 0.2) is 11.6 Å². The second kappa shape index (κ2) is 3.67. The molecule has 5 aliphatic rings. The van der Waals surface area contributed by atoms with Gasteiger partial charge in [0.25, 0.3) is 0 Å². The monoisotopic (exact) mass is 322 g/mol. The van der Waals surface area contributed by atoms with Crippen molar-refractivity contribution in [2.24, 2.45) is 11.3 Å². The predicted octanol–water partition coefficient (Wildman–Crippen LogP) is 0.918. The summed E-state index contributed by atoms with van der Waals surface area (Å²) in [5, 5.41) is 11.0. The Morgan fingerprint density at radius 3 is 2.83 bits per heavy atom. The Labute approximate surface area is 134 Å². The average molecular weight is 322 g/mol. The summed E-state index contributed by atoms with van der Waals surface area (Å²) in [5.41, 5.74) is -0.332. The fraction of sp³-hybridized carbons (Fsp3) is 0.824. The zero-order valence-electron chi connectivity index (χ0n) is 13.8. The minimum Gasteiger partial charge on any atom is -0.459 e. The smallest absolute Gasteiger partial charge is 0.303 e. The first-order valence-corrected chi connectivity index (χ1v) is 8.28. The van der Waals surface area contributed by atoms with E-state index in [2.05, 4.69) is 13.8 Å². The number of carbonyl (C=O) groups excluding carboxylic acids is 1. The summed E-state index contributed by atoms with van der Waals surface area (Å²) >= 11 is 0. The molecule has 8 atom stereocenters. The third kappa shape index (κ3) is 1.43. The van der Waals surface area contributed by atoms with E-state index in [9.17, 15) is 9.90 Å². The van der Waals surface area contributed by atoms with E-state index < -0.39 is 17.0 Å². The van der Waals surface area contributed by atoms with Crippen LogP contribution in [0.4, 0.5) is 0 Å². The van der Waals surface area contributed by atoms with Crippen LogP contribution in [0, 0.1) is 11.3 Å². The molecule has 0 aromatic carbocycles. The first kappa shape index (κ1) is 14.4. The molecule has 0 aromatic rings. The zero-order valence-corrected chi connectivity index (χ0v) is 13.8. The van der Waals surface area contributed by atoms with Gasteiger partial charge in [0.15, 0.2) is 5.60 Å². The lowest BCUT2D eigenvalue weighted by molar-refractivity contribution is -0.214. The minimum absolute atomic E-state index is 0.0781. The van der Waals surface area contributed by atoms with Crippen molar-refractivity contribution in [2.45, 2.75) is 69.4 Å². The molecule has 1 N–H and O–H groups in total. The van der Waals surface area contributed by atoms with Crippen molar-refractivity contribution in [2.75, 3.05) is 6.61 Å². The van der Waals surface area contributed by atoms with Gasteiger partial charge in [0.1, 0.15) is 23.9 Å². The number of rotatable bonds is 1. The van der Waals surface area contributed by atoms with E-state index in [0.29, 0.717) is 13.0 Å². The third-order valence-electron chi connectivity index (χ3n) is 6.94. The van der Waals surface area contributed by atoms with Crippen LogP contribution in [-0.2, 0) is 23.7 Å². The number of esters is 1. The summed E-state index contributed by atoms with van der Waals surface area (Å²) in [7, 11) is 0. The topological polar surface area (TPSA) is 80.8 Å². The van der Waals surface area contributed by atoms with Crippen LogP contribution in [0.5, 0.6) is 0 Å². The Hall–Kier alpha value is -0.950. The summed E-state index contributed by atoms with van der Waals surface area (Å²) in [6.07, 6.45) is 1.99. The van der Waals surface area contributed by atoms with Gasteiger partial charge in [0, 0.05) is 18.3 Å². The molecule has 126 valence electrons. The molecule has 23 heavy (non-hydrogen) atoms. The highest BCUT2D eigenvalue weighted by molar-refractivity contribution is 5.66. The van der Waals surface area contributed by atoms with Crippen LogP contribution < -0.4 is 0 Å². The molecular formula is C17H22O6. The Morgan fingerprint density at radius 1 is 1.43 bits per heavy atom. The molecule has 6 heteroatoms. The number of fused-ring (bicyclic) bond motifs is 3. The summed E-state index contributed by atoms with van der Waals surface area (Å²) in [6.45, 7) is 8.06. The van der Waals surface area contributed by atoms with Gasteiger partial charge in [-0.25, -0.2) is 0 Å². The van der Waals surface area contributed by atoms with Crippen LogP contribution in [0.1, 0.15) is 34.1 Å². The van der Waals surface area contributed by atoms with Crippen molar-refractivity contribution in [3.8, 4) is 0 Å². The molecule has 0 unspecified atom stereocenters. The van der Waals surface area contributed by atoms with E-state index in [4.69, 9.17) is 18.9 Å². The second-order valence-corrected chi connectivity index (χ2v) is 8.22. The Bertz CT molecular complexity index is 659. The van der Waals surface area contributed by atoms with E-state index in [0.717, 1.165) is 5.57 Å². The first-order chi connectivity index (χ1) is 10.7. The standard InChI is InChI=1S/C17H22O6/c1-8-11(21-9(2)18)13-12(22-13)10-5-17(19)16(6-14(8,10)3)15(4,23-16)7-20-17/h5,8,11-13,19H,6-7H2,1-4H3/t8-,11+,12-,13+,14+,15+,16+,17+/m0/s1. The highest BCUT2D eigenvalue weighted by atomic mass is 16.8. The molecule has 2 aliphatic carbocycles. The molecule has 5 rings (SSSR count). The van der Waals surface area contributed by atoms with Crippen molar-refractivity contribution in [1.29, 1.82) is 0 Å². The van der Waals surface area contributed by atoms with Crippen LogP contribution in [0.3, 0.4) is 0 Å². The average Bonchev–Trinajstić information content (AvgIpc) is 3.33. The van der Waals surface area contributed by atoms with Gasteiger partial charge in [-0.05, 0) is 25.0 Å². The van der Waals surface area contributed by atoms with Gasteiger partial charge < -0.3 is 24.1 Å². The van der Waals surface area contributed by atoms with Crippen molar-refractivity contribution >= 4 is 5.97 Å². The summed E-state index contributed by atoms with van der Waals surface area (Å²) < 4.78 is 23.1. The molecule has 0 bridgehead atoms. The number of ether oxygens (including phenoxy) is 4. The molecule has 1 saturated carbocycles. The van der Waals surface area contributed by atoms with Crippen molar-refractivity contribution in [3.63, 3.8) is 0 Å². The van der Waals surface area contributed by atoms with Gasteiger partial charge in [-0.3, -0.25) is 4.79 Å². The van der Waals surface area contributed by atoms with Gasteiger partial charge in [-0.15, -0.1) is 0 Å². The van der Waals surface area contributed by atoms with Crippen molar-refractivity contribution in [3.05, 3.63) is 11.6 Å². The molecule has 0 amide bonds. The highest BCUT2D eigenvalue weighted by Gasteiger charge is 2.85. The predicted molar refractivity (Wildman–Crippen MR) is 77.3 cm³/mol. The zero-order chi connectivity index (χ0) is 16.4. The molecule has 1 spiro atoms. The molecule has 3 aliphatic heterocycles. The van der Waals surface area contributed by atoms with Gasteiger partial charge in [-0.2, -0.15) is 0 Å². The van der Waals surface area contributed by atoms with Gasteiger partial charge in [0.2, 0.25) is 5.79 Å². The summed E-state index contributed by atoms with van der Waals surface area (Å²) in [4.78, 5) is 11.5. The molecule has 3 heterocycles. The van der Waals surface area contributed by atoms with Crippen LogP contribution in [0.2, 0.25) is 0 Å². The van der Waals surface area contributed by atoms with Crippen molar-refractivity contribution in [1.82, 2.24) is 0 Å². The number of aliphatic hydroxyl groups is 1. The lowest BCUT2D eigenvalue weighted by Gasteiger charge is -2.50. The van der Waals surface area contributed by atoms with Crippen LogP contribution in [-0.4, -0.2) is 53.0 Å². The van der Waals surface area contributed by atoms with Crippen LogP contribution >= 0.6 is 0 Å². The normalized spacial score (nSPS) is 61.5. The molecule has 4 fully saturated rings. The number of epoxide rings is 2. The maximum absolute atomic E-state index is 11.5. The third-order valence-corrected chi connectivity index (χ3v) is 6.94. The Balaban J connectivity index is 1.59. The summed E-state index contributed by atoms with van der Waals surface area (Å²) in [5.74, 6) is -1.58. The van der Waals surface area contributed by atoms with Gasteiger partial charge >= 0.3 is 5.97 Å². The SMILES string of the molecule is CC(=O)O[C@H]1[C@H]2O[C@H]2C2=C[C@@]3(O)OC[C@@]4(C)O[C@@]34C[C@]2(C)[C@H]1C. The fourth-order valence-corrected chi connectivity index (χ4v) is 5.29. The largest absolute Gasteiger partial charge is 0.459 e. The number of hydrogen-bond acceptors (Lipinski definition) is 6. The van der Waals surface area contributed by atoms with E-state index in [1.54, 1.807) is 0 Å². The molecule has 6 nitrogen and oxygen atoms in total. The molecular weight excluding hydrogens is 300 g/mol. The maximum atomic E-state index is 11.5. The number of carbonyl (C=O) groups is 1. The van der Waals surface area contributed by atoms with E-state index in [1.165, 1.54) is 6.92 Å². The minimum atomic E-state index is -1.37. The molecule has 3 saturated heterocycles. The number of hydrogen-bond donors (Lipinski definition) is 1. The first-order valence-electron chi connectivity index (χ1n) is 8.28. The fourth-order valence-electron chi connectivity index (χ4n) is 5.29. The van der Waals surface area contributed by atoms with Gasteiger partial charge in [-0.1, -0.05) is 13.8 Å². The van der Waals surface area contributed by atoms with Crippen LogP contribution in [0.25, 0.3) is 0 Å². The van der Waals surface area contributed by atoms with E-state index >= 15 is 0 Å². The van der Waals surface area contributed by atoms with E-state index in [1.807, 2.05) is 13.0 Å². The molecule has 0 radical (unpaired) electrons. The summed E-state index contributed by atoms with van der Waals surface area (Å²) in [6, 6.07) is 0. The van der Waals surface area contributed by atoms with Crippen molar-refractivity contribution < 1.29 is 28.8 Å². The lowest BCUT2D eigenvalue weighted by atomic mass is 9.55. The quantitative estimate of drug-likeness (QED) is 0.439. The molecule has 0 aromatic heterocycles. The van der Waals surface area contributed by atoms with E-state index in [-0.39, 0.29) is 35.6 Å².